The maximum atomic E-state index is 12.2. The number of halogens is 2. The molecule has 0 unspecified atom stereocenters. The minimum absolute atomic E-state index is 0.100. The van der Waals surface area contributed by atoms with Crippen molar-refractivity contribution in [2.24, 2.45) is 0 Å². The molecule has 180 valence electrons. The van der Waals surface area contributed by atoms with Gasteiger partial charge in [0.2, 0.25) is 11.8 Å². The van der Waals surface area contributed by atoms with Crippen LogP contribution in [0.5, 0.6) is 0 Å². The highest BCUT2D eigenvalue weighted by molar-refractivity contribution is 7.99. The van der Waals surface area contributed by atoms with Crippen molar-refractivity contribution in [1.82, 2.24) is 9.97 Å². The molecule has 0 radical (unpaired) electrons. The molecule has 0 fully saturated rings. The Morgan fingerprint density at radius 2 is 1.11 bits per heavy atom. The van der Waals surface area contributed by atoms with E-state index in [-0.39, 0.29) is 11.8 Å². The van der Waals surface area contributed by atoms with Crippen molar-refractivity contribution < 1.29 is 9.59 Å². The van der Waals surface area contributed by atoms with Crippen LogP contribution in [0.15, 0.2) is 59.3 Å². The van der Waals surface area contributed by atoms with E-state index in [1.807, 2.05) is 59.3 Å². The molecule has 11 heteroatoms. The summed E-state index contributed by atoms with van der Waals surface area (Å²) in [6.07, 6.45) is 0.693. The molecule has 0 bridgehead atoms. The molecule has 0 aliphatic rings. The molecule has 0 saturated carbocycles. The van der Waals surface area contributed by atoms with Crippen LogP contribution in [0, 0.1) is 0 Å². The average molecular weight is 564 g/mol. The van der Waals surface area contributed by atoms with Gasteiger partial charge in [-0.3, -0.25) is 9.59 Å². The lowest BCUT2D eigenvalue weighted by Gasteiger charge is -2.03. The Morgan fingerprint density at radius 3 is 1.51 bits per heavy atom. The van der Waals surface area contributed by atoms with Crippen LogP contribution in [0.3, 0.4) is 0 Å². The Hall–Kier alpha value is -2.43. The quantitative estimate of drug-likeness (QED) is 0.197. The van der Waals surface area contributed by atoms with Crippen LogP contribution < -0.4 is 10.6 Å². The summed E-state index contributed by atoms with van der Waals surface area (Å²) in [5, 5.41) is 11.9. The lowest BCUT2D eigenvalue weighted by molar-refractivity contribution is -0.116. The van der Waals surface area contributed by atoms with E-state index in [2.05, 4.69) is 20.6 Å². The second kappa shape index (κ2) is 12.5. The van der Waals surface area contributed by atoms with Crippen LogP contribution in [0.4, 0.5) is 10.3 Å². The van der Waals surface area contributed by atoms with E-state index >= 15 is 0 Å². The van der Waals surface area contributed by atoms with E-state index in [4.69, 9.17) is 23.2 Å². The lowest BCUT2D eigenvalue weighted by Crippen LogP contribution is -2.13. The molecule has 4 aromatic rings. The van der Waals surface area contributed by atoms with Gasteiger partial charge in [0, 0.05) is 56.3 Å². The summed E-state index contributed by atoms with van der Waals surface area (Å²) in [6.45, 7) is 0. The molecule has 35 heavy (non-hydrogen) atoms. The second-order valence-electron chi connectivity index (χ2n) is 7.30. The first-order valence-corrected chi connectivity index (χ1v) is 14.2. The van der Waals surface area contributed by atoms with E-state index < -0.39 is 0 Å². The predicted molar refractivity (Wildman–Crippen MR) is 149 cm³/mol. The van der Waals surface area contributed by atoms with Gasteiger partial charge in [-0.1, -0.05) is 47.5 Å². The van der Waals surface area contributed by atoms with Gasteiger partial charge >= 0.3 is 0 Å². The molecule has 0 saturated heterocycles. The molecule has 0 aliphatic heterocycles. The van der Waals surface area contributed by atoms with Gasteiger partial charge < -0.3 is 10.6 Å². The molecule has 2 amide bonds. The van der Waals surface area contributed by atoms with Crippen LogP contribution in [-0.4, -0.2) is 33.3 Å². The van der Waals surface area contributed by atoms with Crippen LogP contribution in [0.1, 0.15) is 12.8 Å². The van der Waals surface area contributed by atoms with Crippen molar-refractivity contribution in [1.29, 1.82) is 0 Å². The van der Waals surface area contributed by atoms with Crippen LogP contribution >= 0.6 is 57.6 Å². The molecular formula is C24H20Cl2N4O2S3. The number of hydrogen-bond donors (Lipinski definition) is 2. The minimum Gasteiger partial charge on any atom is -0.302 e. The summed E-state index contributed by atoms with van der Waals surface area (Å²) in [5.41, 5.74) is 3.48. The highest BCUT2D eigenvalue weighted by atomic mass is 35.5. The van der Waals surface area contributed by atoms with Crippen molar-refractivity contribution in [2.45, 2.75) is 12.8 Å². The minimum atomic E-state index is -0.100. The third kappa shape index (κ3) is 7.78. The Kier molecular flexibility index (Phi) is 9.17. The largest absolute Gasteiger partial charge is 0.302 e. The van der Waals surface area contributed by atoms with Crippen LogP contribution in [0.25, 0.3) is 22.5 Å². The second-order valence-corrected chi connectivity index (χ2v) is 11.1. The fourth-order valence-corrected chi connectivity index (χ4v) is 5.55. The molecule has 0 aliphatic carbocycles. The van der Waals surface area contributed by atoms with E-state index in [0.29, 0.717) is 44.7 Å². The maximum absolute atomic E-state index is 12.2. The van der Waals surface area contributed by atoms with Gasteiger partial charge in [-0.15, -0.1) is 22.7 Å². The molecule has 0 atom stereocenters. The van der Waals surface area contributed by atoms with E-state index in [1.165, 1.54) is 22.7 Å². The van der Waals surface area contributed by atoms with Crippen LogP contribution in [0.2, 0.25) is 10.0 Å². The first-order valence-electron chi connectivity index (χ1n) is 10.6. The molecule has 2 N–H and O–H groups in total. The Labute approximate surface area is 225 Å². The van der Waals surface area contributed by atoms with Crippen molar-refractivity contribution in [2.75, 3.05) is 22.1 Å². The Bertz CT molecular complexity index is 1190. The third-order valence-corrected chi connectivity index (χ3v) is 7.73. The predicted octanol–water partition coefficient (Wildman–Crippen LogP) is 7.33. The summed E-state index contributed by atoms with van der Waals surface area (Å²) in [4.78, 5) is 33.3. The maximum Gasteiger partial charge on any atom is 0.226 e. The Balaban J connectivity index is 1.13. The highest BCUT2D eigenvalue weighted by Gasteiger charge is 2.10. The van der Waals surface area contributed by atoms with Crippen molar-refractivity contribution in [3.05, 3.63) is 69.3 Å². The summed E-state index contributed by atoms with van der Waals surface area (Å²) in [7, 11) is 0. The molecule has 6 nitrogen and oxygen atoms in total. The third-order valence-electron chi connectivity index (χ3n) is 4.73. The summed E-state index contributed by atoms with van der Waals surface area (Å²) in [6, 6.07) is 14.8. The zero-order valence-electron chi connectivity index (χ0n) is 18.3. The molecule has 2 heterocycles. The summed E-state index contributed by atoms with van der Waals surface area (Å²) >= 11 is 16.2. The number of rotatable bonds is 10. The van der Waals surface area contributed by atoms with Gasteiger partial charge in [0.1, 0.15) is 0 Å². The van der Waals surface area contributed by atoms with Crippen LogP contribution in [-0.2, 0) is 9.59 Å². The smallest absolute Gasteiger partial charge is 0.226 e. The van der Waals surface area contributed by atoms with Gasteiger partial charge in [-0.05, 0) is 24.3 Å². The zero-order chi connectivity index (χ0) is 24.6. The standard InChI is InChI=1S/C24H20Cl2N4O2S3/c25-17-5-1-15(2-6-17)19-13-34-23(27-19)29-21(31)9-11-33-12-10-22(32)30-24-28-20(14-35-24)16-3-7-18(26)8-4-16/h1-8,13-14H,9-12H2,(H,27,29,31)(H,28,30,32). The zero-order valence-corrected chi connectivity index (χ0v) is 22.3. The molecule has 2 aromatic heterocycles. The van der Waals surface area contributed by atoms with Crippen molar-refractivity contribution in [3.63, 3.8) is 0 Å². The fourth-order valence-electron chi connectivity index (χ4n) is 2.96. The average Bonchev–Trinajstić information content (AvgIpc) is 3.50. The number of benzene rings is 2. The number of amides is 2. The van der Waals surface area contributed by atoms with Gasteiger partial charge in [0.05, 0.1) is 11.4 Å². The highest BCUT2D eigenvalue weighted by Crippen LogP contribution is 2.27. The molecule has 4 rings (SSSR count). The summed E-state index contributed by atoms with van der Waals surface area (Å²) in [5.74, 6) is 1.03. The van der Waals surface area contributed by atoms with E-state index in [0.717, 1.165) is 22.5 Å². The number of carbonyl (C=O) groups excluding carboxylic acids is 2. The fraction of sp³-hybridized carbons (Fsp3) is 0.167. The number of anilines is 2. The number of thiazole rings is 2. The topological polar surface area (TPSA) is 84.0 Å². The first kappa shape index (κ1) is 25.7. The SMILES string of the molecule is O=C(CCSCCC(=O)Nc1nc(-c2ccc(Cl)cc2)cs1)Nc1nc(-c2ccc(Cl)cc2)cs1. The number of hydrogen-bond acceptors (Lipinski definition) is 7. The summed E-state index contributed by atoms with van der Waals surface area (Å²) < 4.78 is 0. The number of nitrogens with one attached hydrogen (secondary N) is 2. The van der Waals surface area contributed by atoms with Gasteiger partial charge in [-0.25, -0.2) is 9.97 Å². The number of carbonyl (C=O) groups is 2. The number of thioether (sulfide) groups is 1. The van der Waals surface area contributed by atoms with Crippen molar-refractivity contribution >= 4 is 79.7 Å². The van der Waals surface area contributed by atoms with Crippen molar-refractivity contribution in [3.8, 4) is 22.5 Å². The Morgan fingerprint density at radius 1 is 0.714 bits per heavy atom. The molecule has 0 spiro atoms. The van der Waals surface area contributed by atoms with E-state index in [9.17, 15) is 9.59 Å². The lowest BCUT2D eigenvalue weighted by atomic mass is 10.2. The monoisotopic (exact) mass is 562 g/mol. The van der Waals surface area contributed by atoms with E-state index in [1.54, 1.807) is 11.8 Å². The first-order chi connectivity index (χ1) is 17.0. The normalized spacial score (nSPS) is 10.8. The number of aromatic nitrogens is 2. The van der Waals surface area contributed by atoms with Gasteiger partial charge in [0.15, 0.2) is 10.3 Å². The molecular weight excluding hydrogens is 543 g/mol. The van der Waals surface area contributed by atoms with Gasteiger partial charge in [-0.2, -0.15) is 11.8 Å². The van der Waals surface area contributed by atoms with Gasteiger partial charge in [0.25, 0.3) is 0 Å². The molecule has 2 aromatic carbocycles. The number of nitrogens with zero attached hydrogens (tertiary/aromatic N) is 2.